The molecule has 1 aromatic carbocycles. The fourth-order valence-electron chi connectivity index (χ4n) is 3.59. The Labute approximate surface area is 121 Å². The van der Waals surface area contributed by atoms with E-state index >= 15 is 0 Å². The lowest BCUT2D eigenvalue weighted by Crippen LogP contribution is -2.50. The molecule has 100 valence electrons. The second-order valence-electron chi connectivity index (χ2n) is 5.48. The van der Waals surface area contributed by atoms with Gasteiger partial charge in [-0.05, 0) is 37.3 Å². The average Bonchev–Trinajstić information content (AvgIpc) is 2.38. The van der Waals surface area contributed by atoms with Gasteiger partial charge in [0.2, 0.25) is 0 Å². The first kappa shape index (κ1) is 14.2. The Hall–Kier alpha value is -0.240. The van der Waals surface area contributed by atoms with Crippen molar-refractivity contribution in [2.24, 2.45) is 5.92 Å². The van der Waals surface area contributed by atoms with E-state index < -0.39 is 0 Å². The lowest BCUT2D eigenvalue weighted by atomic mass is 9.69. The fourth-order valence-corrected chi connectivity index (χ4v) is 4.05. The number of hydrogen-bond acceptors (Lipinski definition) is 1. The first-order valence-corrected chi connectivity index (χ1v) is 7.15. The smallest absolute Gasteiger partial charge is 0.0505 e. The van der Waals surface area contributed by atoms with E-state index in [0.717, 1.165) is 13.0 Å². The van der Waals surface area contributed by atoms with Gasteiger partial charge in [-0.15, -0.1) is 24.0 Å². The van der Waals surface area contributed by atoms with Gasteiger partial charge in [0.05, 0.1) is 4.87 Å². The van der Waals surface area contributed by atoms with Crippen LogP contribution in [-0.2, 0) is 0 Å². The number of nitrogens with one attached hydrogen (secondary N) is 1. The zero-order chi connectivity index (χ0) is 11.7. The predicted octanol–water partition coefficient (Wildman–Crippen LogP) is 4.31. The molecule has 0 amide bonds. The topological polar surface area (TPSA) is 12.0 Å². The molecule has 18 heavy (non-hydrogen) atoms. The molecule has 2 fully saturated rings. The molecule has 0 bridgehead atoms. The predicted molar refractivity (Wildman–Crippen MR) is 79.6 cm³/mol. The molecule has 3 rings (SSSR count). The van der Waals surface area contributed by atoms with Crippen LogP contribution in [0.15, 0.2) is 30.3 Å². The van der Waals surface area contributed by atoms with E-state index in [1.54, 1.807) is 0 Å². The third-order valence-corrected chi connectivity index (χ3v) is 5.15. The van der Waals surface area contributed by atoms with Gasteiger partial charge < -0.3 is 5.32 Å². The van der Waals surface area contributed by atoms with Crippen molar-refractivity contribution in [3.05, 3.63) is 35.9 Å². The molecule has 1 heterocycles. The van der Waals surface area contributed by atoms with Crippen LogP contribution >= 0.6 is 24.0 Å². The molecule has 1 N–H and O–H groups in total. The Morgan fingerprint density at radius 1 is 1.11 bits per heavy atom. The summed E-state index contributed by atoms with van der Waals surface area (Å²) in [5.41, 5.74) is 1.41. The van der Waals surface area contributed by atoms with Crippen LogP contribution in [0.1, 0.15) is 43.7 Å². The maximum absolute atomic E-state index is 6.88. The third-order valence-electron chi connectivity index (χ3n) is 4.49. The minimum Gasteiger partial charge on any atom is -0.310 e. The van der Waals surface area contributed by atoms with E-state index in [0.29, 0.717) is 12.0 Å². The van der Waals surface area contributed by atoms with Crippen LogP contribution in [0.3, 0.4) is 0 Å². The molecule has 1 nitrogen and oxygen atoms in total. The molecule has 0 radical (unpaired) electrons. The van der Waals surface area contributed by atoms with Crippen LogP contribution in [-0.4, -0.2) is 11.4 Å². The maximum atomic E-state index is 6.88. The molecule has 1 saturated carbocycles. The number of alkyl halides is 1. The zero-order valence-electron chi connectivity index (χ0n) is 10.6. The normalized spacial score (nSPS) is 35.4. The molecular formula is C15H21Cl2N. The highest BCUT2D eigenvalue weighted by Crippen LogP contribution is 2.49. The highest BCUT2D eigenvalue weighted by molar-refractivity contribution is 6.24. The number of benzene rings is 1. The van der Waals surface area contributed by atoms with Crippen molar-refractivity contribution in [3.8, 4) is 0 Å². The van der Waals surface area contributed by atoms with Crippen molar-refractivity contribution < 1.29 is 0 Å². The van der Waals surface area contributed by atoms with Gasteiger partial charge in [0.15, 0.2) is 0 Å². The van der Waals surface area contributed by atoms with Gasteiger partial charge in [-0.1, -0.05) is 43.2 Å². The van der Waals surface area contributed by atoms with Gasteiger partial charge in [0.25, 0.3) is 0 Å². The van der Waals surface area contributed by atoms with Gasteiger partial charge in [0, 0.05) is 6.04 Å². The van der Waals surface area contributed by atoms with Crippen molar-refractivity contribution in [1.29, 1.82) is 0 Å². The molecule has 3 atom stereocenters. The summed E-state index contributed by atoms with van der Waals surface area (Å²) in [4.78, 5) is 0.0595. The Bertz CT molecular complexity index is 377. The van der Waals surface area contributed by atoms with E-state index in [1.165, 1.54) is 31.2 Å². The van der Waals surface area contributed by atoms with Crippen molar-refractivity contribution in [2.45, 2.75) is 43.0 Å². The van der Waals surface area contributed by atoms with E-state index in [-0.39, 0.29) is 17.3 Å². The molecular weight excluding hydrogens is 265 g/mol. The monoisotopic (exact) mass is 285 g/mol. The van der Waals surface area contributed by atoms with Crippen LogP contribution in [0.5, 0.6) is 0 Å². The minimum absolute atomic E-state index is 0. The van der Waals surface area contributed by atoms with Gasteiger partial charge in [-0.3, -0.25) is 0 Å². The lowest BCUT2D eigenvalue weighted by molar-refractivity contribution is 0.157. The molecule has 3 unspecified atom stereocenters. The molecule has 0 aromatic heterocycles. The van der Waals surface area contributed by atoms with E-state index in [2.05, 4.69) is 35.6 Å². The summed E-state index contributed by atoms with van der Waals surface area (Å²) in [7, 11) is 0. The van der Waals surface area contributed by atoms with Crippen LogP contribution in [0.25, 0.3) is 0 Å². The highest BCUT2D eigenvalue weighted by atomic mass is 35.5. The van der Waals surface area contributed by atoms with Gasteiger partial charge in [0.1, 0.15) is 0 Å². The molecule has 0 spiro atoms. The molecule has 3 heteroatoms. The first-order valence-electron chi connectivity index (χ1n) is 6.77. The Kier molecular flexibility index (Phi) is 4.58. The molecule has 1 aliphatic carbocycles. The van der Waals surface area contributed by atoms with Crippen LogP contribution in [0.4, 0.5) is 0 Å². The summed E-state index contributed by atoms with van der Waals surface area (Å²) < 4.78 is 0. The summed E-state index contributed by atoms with van der Waals surface area (Å²) in [6.45, 7) is 1.06. The van der Waals surface area contributed by atoms with Gasteiger partial charge in [-0.25, -0.2) is 0 Å². The number of rotatable bonds is 1. The van der Waals surface area contributed by atoms with Crippen LogP contribution < -0.4 is 5.32 Å². The second-order valence-corrected chi connectivity index (χ2v) is 6.23. The van der Waals surface area contributed by atoms with Crippen molar-refractivity contribution in [2.75, 3.05) is 6.54 Å². The quantitative estimate of drug-likeness (QED) is 0.758. The zero-order valence-corrected chi connectivity index (χ0v) is 12.1. The summed E-state index contributed by atoms with van der Waals surface area (Å²) in [5, 5.41) is 3.68. The maximum Gasteiger partial charge on any atom is 0.0505 e. The van der Waals surface area contributed by atoms with Gasteiger partial charge >= 0.3 is 0 Å². The number of hydrogen-bond donors (Lipinski definition) is 1. The lowest BCUT2D eigenvalue weighted by Gasteiger charge is -2.48. The summed E-state index contributed by atoms with van der Waals surface area (Å²) in [6.07, 6.45) is 6.24. The molecule has 1 saturated heterocycles. The Balaban J connectivity index is 0.00000120. The van der Waals surface area contributed by atoms with E-state index in [1.807, 2.05) is 0 Å². The SMILES string of the molecule is Cl.ClC12CCCCC1C(c1ccccc1)NCC2. The molecule has 2 aliphatic rings. The van der Waals surface area contributed by atoms with Crippen LogP contribution in [0.2, 0.25) is 0 Å². The van der Waals surface area contributed by atoms with Gasteiger partial charge in [-0.2, -0.15) is 0 Å². The summed E-state index contributed by atoms with van der Waals surface area (Å²) in [5.74, 6) is 0.606. The molecule has 1 aliphatic heterocycles. The largest absolute Gasteiger partial charge is 0.310 e. The fraction of sp³-hybridized carbons (Fsp3) is 0.600. The third kappa shape index (κ3) is 2.54. The summed E-state index contributed by atoms with van der Waals surface area (Å²) >= 11 is 6.88. The number of piperidine rings is 1. The summed E-state index contributed by atoms with van der Waals surface area (Å²) in [6, 6.07) is 11.3. The average molecular weight is 286 g/mol. The Morgan fingerprint density at radius 2 is 1.89 bits per heavy atom. The van der Waals surface area contributed by atoms with Crippen molar-refractivity contribution in [1.82, 2.24) is 5.32 Å². The van der Waals surface area contributed by atoms with E-state index in [9.17, 15) is 0 Å². The van der Waals surface area contributed by atoms with E-state index in [4.69, 9.17) is 11.6 Å². The van der Waals surface area contributed by atoms with Crippen LogP contribution in [0, 0.1) is 5.92 Å². The second kappa shape index (κ2) is 5.81. The number of halogens is 2. The number of fused-ring (bicyclic) bond motifs is 1. The van der Waals surface area contributed by atoms with Crippen molar-refractivity contribution >= 4 is 24.0 Å². The first-order chi connectivity index (χ1) is 8.30. The Morgan fingerprint density at radius 3 is 2.67 bits per heavy atom. The standard InChI is InChI=1S/C15H20ClN.ClH/c16-15-9-5-4-8-13(15)14(17-11-10-15)12-6-2-1-3-7-12;/h1-3,6-7,13-14,17H,4-5,8-11H2;1H. The molecule has 1 aromatic rings. The minimum atomic E-state index is 0. The van der Waals surface area contributed by atoms with Crippen molar-refractivity contribution in [3.63, 3.8) is 0 Å². The highest BCUT2D eigenvalue weighted by Gasteiger charge is 2.45.